The molecular weight excluding hydrogens is 288 g/mol. The second-order valence-electron chi connectivity index (χ2n) is 3.60. The van der Waals surface area contributed by atoms with Crippen LogP contribution in [0.5, 0.6) is 0 Å². The van der Waals surface area contributed by atoms with Gasteiger partial charge in [0.25, 0.3) is 0 Å². The van der Waals surface area contributed by atoms with E-state index in [1.54, 1.807) is 18.0 Å². The Balaban J connectivity index is 2.13. The highest BCUT2D eigenvalue weighted by molar-refractivity contribution is 9.10. The van der Waals surface area contributed by atoms with Crippen LogP contribution in [-0.2, 0) is 12.8 Å². The normalized spacial score (nSPS) is 11.0. The SMILES string of the molecule is Cc1nn(C)c(CSc2ccoc2C)c1Br. The van der Waals surface area contributed by atoms with Crippen LogP contribution in [0.3, 0.4) is 0 Å². The van der Waals surface area contributed by atoms with Crippen molar-refractivity contribution in [1.29, 1.82) is 0 Å². The Morgan fingerprint density at radius 1 is 1.50 bits per heavy atom. The Hall–Kier alpha value is -0.680. The Bertz CT molecular complexity index is 504. The maximum absolute atomic E-state index is 5.26. The lowest BCUT2D eigenvalue weighted by Crippen LogP contribution is -1.96. The zero-order valence-electron chi connectivity index (χ0n) is 9.45. The van der Waals surface area contributed by atoms with Crippen molar-refractivity contribution in [2.45, 2.75) is 24.5 Å². The highest BCUT2D eigenvalue weighted by Gasteiger charge is 2.11. The van der Waals surface area contributed by atoms with Crippen LogP contribution in [0, 0.1) is 13.8 Å². The smallest absolute Gasteiger partial charge is 0.114 e. The fourth-order valence-electron chi connectivity index (χ4n) is 1.51. The van der Waals surface area contributed by atoms with Crippen LogP contribution in [0.2, 0.25) is 0 Å². The molecule has 3 nitrogen and oxygen atoms in total. The third-order valence-electron chi connectivity index (χ3n) is 2.44. The molecule has 0 aliphatic heterocycles. The van der Waals surface area contributed by atoms with Crippen molar-refractivity contribution >= 4 is 27.7 Å². The molecule has 2 rings (SSSR count). The molecule has 5 heteroatoms. The monoisotopic (exact) mass is 300 g/mol. The minimum atomic E-state index is 0.887. The number of furan rings is 1. The molecule has 0 aromatic carbocycles. The maximum atomic E-state index is 5.26. The molecule has 0 atom stereocenters. The molecule has 0 amide bonds. The highest BCUT2D eigenvalue weighted by Crippen LogP contribution is 2.30. The molecule has 0 N–H and O–H groups in total. The van der Waals surface area contributed by atoms with Gasteiger partial charge in [0.15, 0.2) is 0 Å². The van der Waals surface area contributed by atoms with Crippen molar-refractivity contribution in [2.75, 3.05) is 0 Å². The molecule has 0 spiro atoms. The predicted octanol–water partition coefficient (Wildman–Crippen LogP) is 3.68. The van der Waals surface area contributed by atoms with Gasteiger partial charge in [-0.25, -0.2) is 0 Å². The zero-order valence-corrected chi connectivity index (χ0v) is 11.9. The average Bonchev–Trinajstić information content (AvgIpc) is 2.72. The second kappa shape index (κ2) is 4.67. The van der Waals surface area contributed by atoms with Crippen LogP contribution in [0.25, 0.3) is 0 Å². The molecule has 2 aromatic heterocycles. The summed E-state index contributed by atoms with van der Waals surface area (Å²) in [7, 11) is 1.97. The van der Waals surface area contributed by atoms with E-state index in [1.807, 2.05) is 31.6 Å². The number of halogens is 1. The number of rotatable bonds is 3. The van der Waals surface area contributed by atoms with Gasteiger partial charge in [-0.2, -0.15) is 5.10 Å². The van der Waals surface area contributed by atoms with E-state index in [0.29, 0.717) is 0 Å². The van der Waals surface area contributed by atoms with Gasteiger partial charge in [0.05, 0.1) is 22.1 Å². The van der Waals surface area contributed by atoms with Crippen molar-refractivity contribution in [2.24, 2.45) is 7.05 Å². The van der Waals surface area contributed by atoms with E-state index in [0.717, 1.165) is 21.7 Å². The topological polar surface area (TPSA) is 31.0 Å². The molecule has 0 fully saturated rings. The third-order valence-corrected chi connectivity index (χ3v) is 4.62. The molecule has 0 bridgehead atoms. The van der Waals surface area contributed by atoms with Crippen molar-refractivity contribution in [1.82, 2.24) is 9.78 Å². The van der Waals surface area contributed by atoms with Gasteiger partial charge in [-0.15, -0.1) is 11.8 Å². The van der Waals surface area contributed by atoms with Gasteiger partial charge < -0.3 is 4.42 Å². The van der Waals surface area contributed by atoms with E-state index in [-0.39, 0.29) is 0 Å². The van der Waals surface area contributed by atoms with Crippen LogP contribution in [0.1, 0.15) is 17.1 Å². The third kappa shape index (κ3) is 2.20. The summed E-state index contributed by atoms with van der Waals surface area (Å²) < 4.78 is 8.28. The van der Waals surface area contributed by atoms with Crippen LogP contribution < -0.4 is 0 Å². The van der Waals surface area contributed by atoms with Crippen molar-refractivity contribution in [3.05, 3.63) is 34.0 Å². The summed E-state index contributed by atoms with van der Waals surface area (Å²) in [5.74, 6) is 1.86. The quantitative estimate of drug-likeness (QED) is 0.810. The summed E-state index contributed by atoms with van der Waals surface area (Å²) in [6, 6.07) is 2.00. The number of hydrogen-bond donors (Lipinski definition) is 0. The van der Waals surface area contributed by atoms with Crippen molar-refractivity contribution in [3.63, 3.8) is 0 Å². The van der Waals surface area contributed by atoms with Crippen molar-refractivity contribution < 1.29 is 4.42 Å². The summed E-state index contributed by atoms with van der Waals surface area (Å²) in [5, 5.41) is 4.37. The first-order chi connectivity index (χ1) is 7.59. The Kier molecular flexibility index (Phi) is 3.44. The lowest BCUT2D eigenvalue weighted by atomic mass is 10.4. The van der Waals surface area contributed by atoms with E-state index >= 15 is 0 Å². The number of aryl methyl sites for hydroxylation is 3. The average molecular weight is 301 g/mol. The Morgan fingerprint density at radius 2 is 2.25 bits per heavy atom. The number of hydrogen-bond acceptors (Lipinski definition) is 3. The summed E-state index contributed by atoms with van der Waals surface area (Å²) in [4.78, 5) is 1.19. The van der Waals surface area contributed by atoms with Gasteiger partial charge in [0, 0.05) is 17.7 Å². The van der Waals surface area contributed by atoms with Crippen LogP contribution in [-0.4, -0.2) is 9.78 Å². The minimum Gasteiger partial charge on any atom is -0.468 e. The van der Waals surface area contributed by atoms with Gasteiger partial charge in [-0.05, 0) is 35.8 Å². The minimum absolute atomic E-state index is 0.887. The highest BCUT2D eigenvalue weighted by atomic mass is 79.9. The second-order valence-corrected chi connectivity index (χ2v) is 5.41. The molecule has 0 aliphatic carbocycles. The summed E-state index contributed by atoms with van der Waals surface area (Å²) >= 11 is 5.33. The molecule has 0 radical (unpaired) electrons. The Morgan fingerprint density at radius 3 is 2.75 bits per heavy atom. The van der Waals surface area contributed by atoms with Gasteiger partial charge in [-0.1, -0.05) is 0 Å². The van der Waals surface area contributed by atoms with Crippen LogP contribution in [0.4, 0.5) is 0 Å². The molecule has 0 saturated carbocycles. The molecular formula is C11H13BrN2OS. The van der Waals surface area contributed by atoms with E-state index < -0.39 is 0 Å². The lowest BCUT2D eigenvalue weighted by molar-refractivity contribution is 0.527. The molecule has 0 aliphatic rings. The van der Waals surface area contributed by atoms with E-state index in [9.17, 15) is 0 Å². The first-order valence-corrected chi connectivity index (χ1v) is 6.72. The number of thioether (sulfide) groups is 1. The van der Waals surface area contributed by atoms with E-state index in [2.05, 4.69) is 21.0 Å². The van der Waals surface area contributed by atoms with Crippen molar-refractivity contribution in [3.8, 4) is 0 Å². The number of aromatic nitrogens is 2. The van der Waals surface area contributed by atoms with Gasteiger partial charge in [-0.3, -0.25) is 4.68 Å². The summed E-state index contributed by atoms with van der Waals surface area (Å²) in [5.41, 5.74) is 2.23. The lowest BCUT2D eigenvalue weighted by Gasteiger charge is -2.02. The largest absolute Gasteiger partial charge is 0.468 e. The Labute approximate surface area is 107 Å². The summed E-state index contributed by atoms with van der Waals surface area (Å²) in [6.07, 6.45) is 1.72. The van der Waals surface area contributed by atoms with Gasteiger partial charge >= 0.3 is 0 Å². The molecule has 0 unspecified atom stereocenters. The summed E-state index contributed by atoms with van der Waals surface area (Å²) in [6.45, 7) is 3.98. The molecule has 16 heavy (non-hydrogen) atoms. The fourth-order valence-corrected chi connectivity index (χ4v) is 3.19. The molecule has 2 heterocycles. The van der Waals surface area contributed by atoms with Crippen LogP contribution in [0.15, 0.2) is 26.1 Å². The first-order valence-electron chi connectivity index (χ1n) is 4.94. The number of nitrogens with zero attached hydrogens (tertiary/aromatic N) is 2. The van der Waals surface area contributed by atoms with E-state index in [1.165, 1.54) is 10.6 Å². The van der Waals surface area contributed by atoms with Crippen LogP contribution >= 0.6 is 27.7 Å². The molecule has 0 saturated heterocycles. The maximum Gasteiger partial charge on any atom is 0.114 e. The van der Waals surface area contributed by atoms with Gasteiger partial charge in [0.2, 0.25) is 0 Å². The molecule has 2 aromatic rings. The fraction of sp³-hybridized carbons (Fsp3) is 0.364. The molecule has 86 valence electrons. The standard InChI is InChI=1S/C11H13BrN2OS/c1-7-11(12)9(14(3)13-7)6-16-10-4-5-15-8(10)2/h4-5H,6H2,1-3H3. The van der Waals surface area contributed by atoms with E-state index in [4.69, 9.17) is 4.42 Å². The predicted molar refractivity (Wildman–Crippen MR) is 68.7 cm³/mol. The zero-order chi connectivity index (χ0) is 11.7. The van der Waals surface area contributed by atoms with Gasteiger partial charge in [0.1, 0.15) is 5.76 Å². The first kappa shape index (κ1) is 11.8.